The Labute approximate surface area is 190 Å². The highest BCUT2D eigenvalue weighted by atomic mass is 32.2. The monoisotopic (exact) mass is 445 g/mol. The molecule has 1 heterocycles. The molecule has 3 aromatic carbocycles. The lowest BCUT2D eigenvalue weighted by Crippen LogP contribution is -2.27. The molecule has 0 N–H and O–H groups in total. The van der Waals surface area contributed by atoms with Crippen molar-refractivity contribution in [2.24, 2.45) is 0 Å². The maximum absolute atomic E-state index is 13.5. The van der Waals surface area contributed by atoms with Crippen LogP contribution in [0.15, 0.2) is 96.0 Å². The molecule has 32 heavy (non-hydrogen) atoms. The van der Waals surface area contributed by atoms with Gasteiger partial charge >= 0.3 is 0 Å². The molecule has 0 atom stereocenters. The zero-order valence-electron chi connectivity index (χ0n) is 18.4. The summed E-state index contributed by atoms with van der Waals surface area (Å²) in [4.78, 5) is 0.261. The fourth-order valence-electron chi connectivity index (χ4n) is 3.67. The van der Waals surface area contributed by atoms with Gasteiger partial charge in [-0.05, 0) is 37.1 Å². The topological polar surface area (TPSA) is 46.6 Å². The minimum absolute atomic E-state index is 0.221. The highest BCUT2D eigenvalue weighted by Crippen LogP contribution is 2.27. The molecule has 0 aliphatic carbocycles. The van der Waals surface area contributed by atoms with Crippen LogP contribution in [0.2, 0.25) is 0 Å². The summed E-state index contributed by atoms with van der Waals surface area (Å²) in [5.41, 5.74) is 5.18. The van der Waals surface area contributed by atoms with Crippen molar-refractivity contribution in [3.8, 4) is 0 Å². The van der Waals surface area contributed by atoms with E-state index in [2.05, 4.69) is 25.1 Å². The van der Waals surface area contributed by atoms with Crippen molar-refractivity contribution in [1.82, 2.24) is 4.31 Å². The molecule has 0 fully saturated rings. The van der Waals surface area contributed by atoms with Crippen LogP contribution < -0.4 is 0 Å². The SMILES string of the molecule is Cc1ccc(S(=O)(=O)N2/C=C(/c3ccccc3)OCC/C(c3cccc(C)c3)=C\C2)cc1. The third-order valence-electron chi connectivity index (χ3n) is 5.48. The van der Waals surface area contributed by atoms with Gasteiger partial charge in [-0.3, -0.25) is 4.31 Å². The first-order valence-corrected chi connectivity index (χ1v) is 12.1. The summed E-state index contributed by atoms with van der Waals surface area (Å²) in [6.07, 6.45) is 4.29. The van der Waals surface area contributed by atoms with E-state index in [1.165, 1.54) is 4.31 Å². The molecule has 1 aliphatic heterocycles. The fourth-order valence-corrected chi connectivity index (χ4v) is 4.93. The Kier molecular flexibility index (Phi) is 6.47. The van der Waals surface area contributed by atoms with Gasteiger partial charge in [0, 0.05) is 12.0 Å². The molecule has 3 aromatic rings. The van der Waals surface area contributed by atoms with E-state index in [4.69, 9.17) is 4.74 Å². The van der Waals surface area contributed by atoms with E-state index in [-0.39, 0.29) is 11.4 Å². The second-order valence-electron chi connectivity index (χ2n) is 7.94. The average molecular weight is 446 g/mol. The summed E-state index contributed by atoms with van der Waals surface area (Å²) in [7, 11) is -3.76. The van der Waals surface area contributed by atoms with E-state index in [0.717, 1.165) is 27.8 Å². The Morgan fingerprint density at radius 3 is 2.25 bits per heavy atom. The third kappa shape index (κ3) is 4.94. The highest BCUT2D eigenvalue weighted by Gasteiger charge is 2.23. The van der Waals surface area contributed by atoms with E-state index >= 15 is 0 Å². The number of rotatable bonds is 4. The highest BCUT2D eigenvalue weighted by molar-refractivity contribution is 7.89. The summed E-state index contributed by atoms with van der Waals surface area (Å²) in [5, 5.41) is 0. The van der Waals surface area contributed by atoms with Gasteiger partial charge in [0.2, 0.25) is 0 Å². The molecule has 4 nitrogen and oxygen atoms in total. The van der Waals surface area contributed by atoms with Crippen LogP contribution in [-0.4, -0.2) is 25.9 Å². The fraction of sp³-hybridized carbons (Fsp3) is 0.185. The summed E-state index contributed by atoms with van der Waals surface area (Å²) < 4.78 is 34.6. The van der Waals surface area contributed by atoms with Gasteiger partial charge in [0.1, 0.15) is 5.76 Å². The first-order valence-electron chi connectivity index (χ1n) is 10.7. The molecular formula is C27H27NO3S. The molecule has 0 radical (unpaired) electrons. The Morgan fingerprint density at radius 2 is 1.53 bits per heavy atom. The van der Waals surface area contributed by atoms with E-state index in [1.54, 1.807) is 18.3 Å². The van der Waals surface area contributed by atoms with E-state index in [0.29, 0.717) is 18.8 Å². The smallest absolute Gasteiger partial charge is 0.264 e. The van der Waals surface area contributed by atoms with E-state index in [1.807, 2.05) is 61.5 Å². The molecular weight excluding hydrogens is 418 g/mol. The van der Waals surface area contributed by atoms with Crippen molar-refractivity contribution in [1.29, 1.82) is 0 Å². The predicted molar refractivity (Wildman–Crippen MR) is 129 cm³/mol. The Balaban J connectivity index is 1.77. The van der Waals surface area contributed by atoms with Crippen LogP contribution in [-0.2, 0) is 14.8 Å². The molecule has 0 unspecified atom stereocenters. The number of benzene rings is 3. The predicted octanol–water partition coefficient (Wildman–Crippen LogP) is 5.80. The molecule has 0 bridgehead atoms. The number of sulfonamides is 1. The second-order valence-corrected chi connectivity index (χ2v) is 9.84. The van der Waals surface area contributed by atoms with Crippen LogP contribution in [0, 0.1) is 13.8 Å². The van der Waals surface area contributed by atoms with Crippen LogP contribution in [0.25, 0.3) is 11.3 Å². The minimum atomic E-state index is -3.76. The van der Waals surface area contributed by atoms with Gasteiger partial charge in [0.25, 0.3) is 10.0 Å². The van der Waals surface area contributed by atoms with Gasteiger partial charge in [0.05, 0.1) is 24.2 Å². The van der Waals surface area contributed by atoms with Gasteiger partial charge in [-0.25, -0.2) is 8.42 Å². The molecule has 0 aromatic heterocycles. The van der Waals surface area contributed by atoms with Crippen LogP contribution in [0.3, 0.4) is 0 Å². The van der Waals surface area contributed by atoms with Crippen LogP contribution in [0.4, 0.5) is 0 Å². The quantitative estimate of drug-likeness (QED) is 0.510. The molecule has 4 rings (SSSR count). The van der Waals surface area contributed by atoms with Gasteiger partial charge in [-0.2, -0.15) is 0 Å². The molecule has 0 spiro atoms. The normalized spacial score (nSPS) is 18.2. The van der Waals surface area contributed by atoms with E-state index in [9.17, 15) is 8.42 Å². The molecule has 1 aliphatic rings. The van der Waals surface area contributed by atoms with Crippen molar-refractivity contribution in [3.63, 3.8) is 0 Å². The van der Waals surface area contributed by atoms with Crippen molar-refractivity contribution in [3.05, 3.63) is 113 Å². The van der Waals surface area contributed by atoms with Crippen molar-refractivity contribution >= 4 is 21.4 Å². The lowest BCUT2D eigenvalue weighted by molar-refractivity contribution is 0.283. The number of hydrogen-bond acceptors (Lipinski definition) is 3. The summed E-state index contributed by atoms with van der Waals surface area (Å²) in [5.74, 6) is 0.542. The Morgan fingerprint density at radius 1 is 0.812 bits per heavy atom. The molecule has 0 amide bonds. The van der Waals surface area contributed by atoms with Crippen LogP contribution in [0.5, 0.6) is 0 Å². The second kappa shape index (κ2) is 9.45. The largest absolute Gasteiger partial charge is 0.491 e. The van der Waals surface area contributed by atoms with Crippen LogP contribution >= 0.6 is 0 Å². The third-order valence-corrected chi connectivity index (χ3v) is 7.22. The maximum atomic E-state index is 13.5. The van der Waals surface area contributed by atoms with Crippen molar-refractivity contribution in [2.75, 3.05) is 13.2 Å². The molecule has 5 heteroatoms. The van der Waals surface area contributed by atoms with Gasteiger partial charge in [-0.1, -0.05) is 83.9 Å². The standard InChI is InChI=1S/C27H27NO3S/c1-21-11-13-26(14-12-21)32(29,30)28-17-15-23(25-10-6-7-22(2)19-25)16-18-31-27(20-28)24-8-4-3-5-9-24/h3-15,19-20H,16-18H2,1-2H3/b23-15+,27-20-. The van der Waals surface area contributed by atoms with E-state index < -0.39 is 10.0 Å². The van der Waals surface area contributed by atoms with Crippen molar-refractivity contribution in [2.45, 2.75) is 25.2 Å². The number of hydrogen-bond donors (Lipinski definition) is 0. The molecule has 0 saturated carbocycles. The lowest BCUT2D eigenvalue weighted by Gasteiger charge is -2.21. The average Bonchev–Trinajstić information content (AvgIpc) is 2.91. The molecule has 164 valence electrons. The lowest BCUT2D eigenvalue weighted by atomic mass is 10.0. The van der Waals surface area contributed by atoms with Gasteiger partial charge in [-0.15, -0.1) is 0 Å². The van der Waals surface area contributed by atoms with Crippen LogP contribution in [0.1, 0.15) is 28.7 Å². The maximum Gasteiger partial charge on any atom is 0.264 e. The van der Waals surface area contributed by atoms with Gasteiger partial charge < -0.3 is 4.74 Å². The first kappa shape index (κ1) is 21.9. The summed E-state index contributed by atoms with van der Waals surface area (Å²) in [6, 6.07) is 24.8. The number of ether oxygens (including phenoxy) is 1. The Bertz CT molecular complexity index is 1240. The van der Waals surface area contributed by atoms with Gasteiger partial charge in [0.15, 0.2) is 0 Å². The zero-order valence-corrected chi connectivity index (χ0v) is 19.2. The number of nitrogens with zero attached hydrogens (tertiary/aromatic N) is 1. The Hall–Kier alpha value is -3.31. The summed E-state index contributed by atoms with van der Waals surface area (Å²) >= 11 is 0. The van der Waals surface area contributed by atoms with Crippen molar-refractivity contribution < 1.29 is 13.2 Å². The zero-order chi connectivity index (χ0) is 22.6. The minimum Gasteiger partial charge on any atom is -0.491 e. The first-order chi connectivity index (χ1) is 15.4. The summed E-state index contributed by atoms with van der Waals surface area (Å²) in [6.45, 7) is 4.67. The molecule has 0 saturated heterocycles. The number of aryl methyl sites for hydroxylation is 2.